The second-order valence-corrected chi connectivity index (χ2v) is 5.43. The maximum atomic E-state index is 13.0. The van der Waals surface area contributed by atoms with Crippen molar-refractivity contribution in [2.45, 2.75) is 6.92 Å². The quantitative estimate of drug-likeness (QED) is 0.568. The Morgan fingerprint density at radius 3 is 2.38 bits per heavy atom. The molecule has 0 aliphatic rings. The number of rotatable bonds is 5. The van der Waals surface area contributed by atoms with Crippen molar-refractivity contribution in [2.75, 3.05) is 6.54 Å². The fraction of sp³-hybridized carbons (Fsp3) is 0.100. The van der Waals surface area contributed by atoms with Crippen LogP contribution in [0.3, 0.4) is 0 Å². The Hall–Kier alpha value is -3.14. The highest BCUT2D eigenvalue weighted by Crippen LogP contribution is 2.13. The van der Waals surface area contributed by atoms with E-state index in [0.29, 0.717) is 17.8 Å². The Morgan fingerprint density at radius 1 is 1.12 bits per heavy atom. The van der Waals surface area contributed by atoms with Crippen molar-refractivity contribution >= 4 is 5.71 Å². The minimum Gasteiger partial charge on any atom is -0.295 e. The van der Waals surface area contributed by atoms with Crippen molar-refractivity contribution in [3.63, 3.8) is 0 Å². The van der Waals surface area contributed by atoms with E-state index in [-0.39, 0.29) is 5.56 Å². The molecule has 0 radical (unpaired) electrons. The molecule has 1 N–H and O–H groups in total. The number of hydrogen-bond acceptors (Lipinski definition) is 2. The van der Waals surface area contributed by atoms with Gasteiger partial charge in [-0.05, 0) is 19.1 Å². The summed E-state index contributed by atoms with van der Waals surface area (Å²) in [5, 5.41) is 3.15. The van der Waals surface area contributed by atoms with Crippen molar-refractivity contribution in [3.05, 3.63) is 100 Å². The third kappa shape index (κ3) is 2.99. The van der Waals surface area contributed by atoms with Crippen LogP contribution < -0.4 is 5.56 Å². The first-order valence-corrected chi connectivity index (χ1v) is 7.80. The largest absolute Gasteiger partial charge is 0.295 e. The Bertz CT molecular complexity index is 919. The van der Waals surface area contributed by atoms with E-state index in [1.807, 2.05) is 67.6 Å². The first-order chi connectivity index (χ1) is 11.7. The molecular weight excluding hydrogens is 298 g/mol. The smallest absolute Gasteiger partial charge is 0.280 e. The third-order valence-electron chi connectivity index (χ3n) is 3.75. The number of aryl methyl sites for hydroxylation is 1. The van der Waals surface area contributed by atoms with Crippen molar-refractivity contribution in [1.29, 1.82) is 0 Å². The summed E-state index contributed by atoms with van der Waals surface area (Å²) < 4.78 is 1.55. The zero-order valence-corrected chi connectivity index (χ0v) is 13.6. The molecule has 0 aliphatic carbocycles. The van der Waals surface area contributed by atoms with Gasteiger partial charge in [0.15, 0.2) is 0 Å². The van der Waals surface area contributed by atoms with E-state index in [9.17, 15) is 4.79 Å². The van der Waals surface area contributed by atoms with Crippen LogP contribution in [-0.2, 0) is 0 Å². The molecule has 1 aromatic heterocycles. The van der Waals surface area contributed by atoms with E-state index < -0.39 is 0 Å². The molecular formula is C20H19N3O. The van der Waals surface area contributed by atoms with Gasteiger partial charge in [0.2, 0.25) is 0 Å². The fourth-order valence-corrected chi connectivity index (χ4v) is 2.65. The average Bonchev–Trinajstić information content (AvgIpc) is 2.92. The van der Waals surface area contributed by atoms with Crippen LogP contribution in [0, 0.1) is 6.92 Å². The lowest BCUT2D eigenvalue weighted by molar-refractivity contribution is 0.835. The zero-order valence-electron chi connectivity index (χ0n) is 13.6. The molecule has 0 amide bonds. The summed E-state index contributed by atoms with van der Waals surface area (Å²) in [4.78, 5) is 17.6. The van der Waals surface area contributed by atoms with Crippen LogP contribution in [0.25, 0.3) is 5.69 Å². The first-order valence-electron chi connectivity index (χ1n) is 7.80. The minimum absolute atomic E-state index is 0.106. The Kier molecular flexibility index (Phi) is 4.57. The van der Waals surface area contributed by atoms with E-state index in [0.717, 1.165) is 16.9 Å². The average molecular weight is 317 g/mol. The summed E-state index contributed by atoms with van der Waals surface area (Å²) in [5.74, 6) is 0. The lowest BCUT2D eigenvalue weighted by Crippen LogP contribution is -2.21. The lowest BCUT2D eigenvalue weighted by atomic mass is 10.0. The number of hydrogen-bond donors (Lipinski definition) is 1. The molecule has 0 aliphatic heterocycles. The highest BCUT2D eigenvalue weighted by Gasteiger charge is 2.18. The zero-order chi connectivity index (χ0) is 16.9. The van der Waals surface area contributed by atoms with Gasteiger partial charge in [0, 0.05) is 11.3 Å². The fourth-order valence-electron chi connectivity index (χ4n) is 2.65. The molecule has 120 valence electrons. The number of H-pyrrole nitrogens is 1. The van der Waals surface area contributed by atoms with Crippen LogP contribution >= 0.6 is 0 Å². The number of aliphatic imine (C=N–C) groups is 1. The molecule has 24 heavy (non-hydrogen) atoms. The molecule has 0 fully saturated rings. The molecule has 0 atom stereocenters. The van der Waals surface area contributed by atoms with Crippen molar-refractivity contribution in [2.24, 2.45) is 4.99 Å². The van der Waals surface area contributed by atoms with Gasteiger partial charge in [0.25, 0.3) is 5.56 Å². The van der Waals surface area contributed by atoms with Gasteiger partial charge in [-0.1, -0.05) is 54.6 Å². The van der Waals surface area contributed by atoms with Crippen molar-refractivity contribution < 1.29 is 0 Å². The SMILES string of the molecule is C=CCN=C(c1ccccc1)c1c(C)[nH]n(-c2ccccc2)c1=O. The highest BCUT2D eigenvalue weighted by atomic mass is 16.1. The van der Waals surface area contributed by atoms with E-state index in [2.05, 4.69) is 16.7 Å². The van der Waals surface area contributed by atoms with Crippen molar-refractivity contribution in [1.82, 2.24) is 9.78 Å². The van der Waals surface area contributed by atoms with Crippen LogP contribution in [0.5, 0.6) is 0 Å². The van der Waals surface area contributed by atoms with Crippen LogP contribution in [0.1, 0.15) is 16.8 Å². The maximum absolute atomic E-state index is 13.0. The van der Waals surface area contributed by atoms with Crippen LogP contribution in [0.2, 0.25) is 0 Å². The summed E-state index contributed by atoms with van der Waals surface area (Å²) in [6.45, 7) is 6.07. The molecule has 1 heterocycles. The molecule has 3 rings (SSSR count). The second-order valence-electron chi connectivity index (χ2n) is 5.43. The number of aromatic amines is 1. The lowest BCUT2D eigenvalue weighted by Gasteiger charge is -2.05. The minimum atomic E-state index is -0.106. The van der Waals surface area contributed by atoms with Crippen LogP contribution in [0.4, 0.5) is 0 Å². The molecule has 0 spiro atoms. The Labute approximate surface area is 140 Å². The van der Waals surface area contributed by atoms with E-state index in [1.165, 1.54) is 0 Å². The number of para-hydroxylation sites is 1. The van der Waals surface area contributed by atoms with Gasteiger partial charge in [0.05, 0.1) is 23.5 Å². The second kappa shape index (κ2) is 6.96. The molecule has 0 bridgehead atoms. The highest BCUT2D eigenvalue weighted by molar-refractivity contribution is 6.13. The summed E-state index contributed by atoms with van der Waals surface area (Å²) >= 11 is 0. The van der Waals surface area contributed by atoms with Gasteiger partial charge >= 0.3 is 0 Å². The standard InChI is InChI=1S/C20H19N3O/c1-3-14-21-19(16-10-6-4-7-11-16)18-15(2)22-23(20(18)24)17-12-8-5-9-13-17/h3-13,22H,1,14H2,2H3. The molecule has 0 saturated heterocycles. The topological polar surface area (TPSA) is 50.1 Å². The van der Waals surface area contributed by atoms with Crippen LogP contribution in [-0.4, -0.2) is 22.0 Å². The molecule has 0 unspecified atom stereocenters. The van der Waals surface area contributed by atoms with Gasteiger partial charge in [-0.15, -0.1) is 6.58 Å². The third-order valence-corrected chi connectivity index (χ3v) is 3.75. The Morgan fingerprint density at radius 2 is 1.75 bits per heavy atom. The van der Waals surface area contributed by atoms with E-state index in [4.69, 9.17) is 0 Å². The summed E-state index contributed by atoms with van der Waals surface area (Å²) in [7, 11) is 0. The number of nitrogens with zero attached hydrogens (tertiary/aromatic N) is 2. The summed E-state index contributed by atoms with van der Waals surface area (Å²) in [6, 6.07) is 19.3. The van der Waals surface area contributed by atoms with Gasteiger partial charge in [-0.2, -0.15) is 0 Å². The van der Waals surface area contributed by atoms with Crippen LogP contribution in [0.15, 0.2) is 83.1 Å². The molecule has 4 heteroatoms. The number of benzene rings is 2. The first kappa shape index (κ1) is 15.7. The monoisotopic (exact) mass is 317 g/mol. The Balaban J connectivity index is 2.18. The van der Waals surface area contributed by atoms with E-state index in [1.54, 1.807) is 10.8 Å². The van der Waals surface area contributed by atoms with Gasteiger partial charge < -0.3 is 0 Å². The predicted octanol–water partition coefficient (Wildman–Crippen LogP) is 3.50. The van der Waals surface area contributed by atoms with Crippen molar-refractivity contribution in [3.8, 4) is 5.69 Å². The number of aromatic nitrogens is 2. The predicted molar refractivity (Wildman–Crippen MR) is 98.3 cm³/mol. The van der Waals surface area contributed by atoms with E-state index >= 15 is 0 Å². The van der Waals surface area contributed by atoms with Gasteiger partial charge in [-0.25, -0.2) is 4.68 Å². The maximum Gasteiger partial charge on any atom is 0.280 e. The summed E-state index contributed by atoms with van der Waals surface area (Å²) in [5.41, 5.74) is 3.67. The molecule has 2 aromatic carbocycles. The summed E-state index contributed by atoms with van der Waals surface area (Å²) in [6.07, 6.45) is 1.72. The molecule has 3 aromatic rings. The normalized spacial score (nSPS) is 11.5. The number of nitrogens with one attached hydrogen (secondary N) is 1. The van der Waals surface area contributed by atoms with Gasteiger partial charge in [-0.3, -0.25) is 14.9 Å². The molecule has 0 saturated carbocycles. The van der Waals surface area contributed by atoms with Gasteiger partial charge in [0.1, 0.15) is 0 Å². The molecule has 4 nitrogen and oxygen atoms in total.